The number of carbonyl (C=O) groups is 1. The van der Waals surface area contributed by atoms with Crippen molar-refractivity contribution in [3.05, 3.63) is 77.4 Å². The Morgan fingerprint density at radius 2 is 2.00 bits per heavy atom. The number of primary amides is 1. The molecule has 38 heavy (non-hydrogen) atoms. The zero-order valence-electron chi connectivity index (χ0n) is 21.2. The van der Waals surface area contributed by atoms with Gasteiger partial charge in [0, 0.05) is 66.7 Å². The van der Waals surface area contributed by atoms with E-state index in [1.165, 1.54) is 24.8 Å². The van der Waals surface area contributed by atoms with Crippen molar-refractivity contribution in [1.82, 2.24) is 14.9 Å². The number of nitrogens with zero attached hydrogens (tertiary/aromatic N) is 4. The molecule has 2 aromatic heterocycles. The maximum absolute atomic E-state index is 13.6. The number of H-pyrrole nitrogens is 1. The highest BCUT2D eigenvalue weighted by atomic mass is 19.1. The molecule has 3 heterocycles. The lowest BCUT2D eigenvalue weighted by Gasteiger charge is -2.36. The molecule has 1 aliphatic heterocycles. The van der Waals surface area contributed by atoms with E-state index in [2.05, 4.69) is 25.8 Å². The Labute approximate surface area is 220 Å². The number of pyridine rings is 1. The lowest BCUT2D eigenvalue weighted by molar-refractivity contribution is 0.1000. The number of hydrogen-bond donors (Lipinski definition) is 2. The number of halogens is 1. The predicted octanol–water partition coefficient (Wildman–Crippen LogP) is 4.10. The van der Waals surface area contributed by atoms with Crippen LogP contribution in [0, 0.1) is 17.1 Å². The molecule has 194 valence electrons. The number of rotatable bonds is 8. The van der Waals surface area contributed by atoms with Gasteiger partial charge in [0.2, 0.25) is 0 Å². The number of ether oxygens (including phenoxy) is 1. The van der Waals surface area contributed by atoms with Gasteiger partial charge in [0.1, 0.15) is 17.4 Å². The second-order valence-corrected chi connectivity index (χ2v) is 9.42. The van der Waals surface area contributed by atoms with Gasteiger partial charge in [0.05, 0.1) is 24.3 Å². The fourth-order valence-electron chi connectivity index (χ4n) is 5.07. The second kappa shape index (κ2) is 10.9. The van der Waals surface area contributed by atoms with Gasteiger partial charge in [-0.15, -0.1) is 0 Å². The van der Waals surface area contributed by atoms with Crippen molar-refractivity contribution in [3.63, 3.8) is 0 Å². The number of nitriles is 1. The van der Waals surface area contributed by atoms with Crippen LogP contribution in [0.5, 0.6) is 5.75 Å². The number of nitrogens with one attached hydrogen (secondary N) is 1. The van der Waals surface area contributed by atoms with Gasteiger partial charge < -0.3 is 20.4 Å². The fraction of sp³-hybridized carbons (Fsp3) is 0.276. The molecule has 1 aliphatic rings. The van der Waals surface area contributed by atoms with Crippen molar-refractivity contribution in [3.8, 4) is 22.9 Å². The minimum Gasteiger partial charge on any atom is -0.496 e. The van der Waals surface area contributed by atoms with E-state index in [0.717, 1.165) is 56.5 Å². The Morgan fingerprint density at radius 1 is 1.18 bits per heavy atom. The van der Waals surface area contributed by atoms with Crippen LogP contribution in [0.4, 0.5) is 10.2 Å². The van der Waals surface area contributed by atoms with Crippen molar-refractivity contribution in [2.24, 2.45) is 5.73 Å². The average molecular weight is 513 g/mol. The molecule has 2 aromatic carbocycles. The summed E-state index contributed by atoms with van der Waals surface area (Å²) in [5, 5.41) is 10.3. The molecule has 4 aromatic rings. The Bertz CT molecular complexity index is 1520. The van der Waals surface area contributed by atoms with Gasteiger partial charge in [0.15, 0.2) is 0 Å². The van der Waals surface area contributed by atoms with Crippen LogP contribution in [0.15, 0.2) is 54.9 Å². The molecule has 0 unspecified atom stereocenters. The first-order chi connectivity index (χ1) is 18.5. The van der Waals surface area contributed by atoms with Crippen LogP contribution in [-0.2, 0) is 6.42 Å². The van der Waals surface area contributed by atoms with Gasteiger partial charge >= 0.3 is 0 Å². The van der Waals surface area contributed by atoms with Crippen molar-refractivity contribution >= 4 is 22.6 Å². The van der Waals surface area contributed by atoms with E-state index in [1.807, 2.05) is 24.4 Å². The molecular weight excluding hydrogens is 483 g/mol. The van der Waals surface area contributed by atoms with Crippen LogP contribution >= 0.6 is 0 Å². The SMILES string of the molecule is COc1cc(F)ccc1-c1cnc(N2CCN(CCCc3c[nH]c4ccc(C#N)cc34)CC2)c(C(N)=O)c1. The third kappa shape index (κ3) is 5.17. The zero-order chi connectivity index (χ0) is 26.6. The second-order valence-electron chi connectivity index (χ2n) is 9.42. The monoisotopic (exact) mass is 512 g/mol. The van der Waals surface area contributed by atoms with Crippen LogP contribution in [0.2, 0.25) is 0 Å². The van der Waals surface area contributed by atoms with Crippen LogP contribution in [-0.4, -0.2) is 60.6 Å². The van der Waals surface area contributed by atoms with Crippen molar-refractivity contribution in [2.45, 2.75) is 12.8 Å². The number of piperazine rings is 1. The molecule has 0 atom stereocenters. The van der Waals surface area contributed by atoms with Crippen LogP contribution < -0.4 is 15.4 Å². The van der Waals surface area contributed by atoms with E-state index in [1.54, 1.807) is 18.3 Å². The summed E-state index contributed by atoms with van der Waals surface area (Å²) in [7, 11) is 1.47. The summed E-state index contributed by atoms with van der Waals surface area (Å²) in [5.41, 5.74) is 10.3. The van der Waals surface area contributed by atoms with Gasteiger partial charge in [0.25, 0.3) is 5.91 Å². The molecule has 0 bridgehead atoms. The number of aryl methyl sites for hydroxylation is 1. The van der Waals surface area contributed by atoms with Crippen LogP contribution in [0.25, 0.3) is 22.0 Å². The molecular formula is C29H29FN6O2. The minimum absolute atomic E-state index is 0.332. The molecule has 9 heteroatoms. The molecule has 8 nitrogen and oxygen atoms in total. The summed E-state index contributed by atoms with van der Waals surface area (Å²) in [6.45, 7) is 4.11. The first kappa shape index (κ1) is 25.2. The number of carbonyl (C=O) groups excluding carboxylic acids is 1. The maximum Gasteiger partial charge on any atom is 0.252 e. The van der Waals surface area contributed by atoms with Gasteiger partial charge in [-0.1, -0.05) is 0 Å². The molecule has 1 amide bonds. The van der Waals surface area contributed by atoms with Crippen molar-refractivity contribution in [1.29, 1.82) is 5.26 Å². The molecule has 0 spiro atoms. The van der Waals surface area contributed by atoms with Crippen molar-refractivity contribution < 1.29 is 13.9 Å². The Kier molecular flexibility index (Phi) is 7.24. The quantitative estimate of drug-likeness (QED) is 0.368. The lowest BCUT2D eigenvalue weighted by Crippen LogP contribution is -2.47. The Morgan fingerprint density at radius 3 is 2.74 bits per heavy atom. The van der Waals surface area contributed by atoms with Gasteiger partial charge in [-0.05, 0) is 61.3 Å². The van der Waals surface area contributed by atoms with Gasteiger partial charge in [-0.25, -0.2) is 9.37 Å². The third-order valence-corrected chi connectivity index (χ3v) is 7.10. The van der Waals surface area contributed by atoms with Crippen LogP contribution in [0.3, 0.4) is 0 Å². The number of methoxy groups -OCH3 is 1. The topological polar surface area (TPSA) is 111 Å². The molecule has 0 aliphatic carbocycles. The standard InChI is InChI=1S/C29H29FN6O2/c1-38-27-15-22(30)5-6-23(27)21-14-25(28(32)37)29(34-18-21)36-11-9-35(10-12-36)8-2-3-20-17-33-26-7-4-19(16-31)13-24(20)26/h4-7,13-15,17-18,33H,2-3,8-12H2,1H3,(H2,32,37). The number of anilines is 1. The first-order valence-electron chi connectivity index (χ1n) is 12.6. The summed E-state index contributed by atoms with van der Waals surface area (Å²) >= 11 is 0. The summed E-state index contributed by atoms with van der Waals surface area (Å²) in [6.07, 6.45) is 5.63. The minimum atomic E-state index is -0.559. The predicted molar refractivity (Wildman–Crippen MR) is 145 cm³/mol. The normalized spacial score (nSPS) is 14.0. The number of aromatic amines is 1. The number of nitrogens with two attached hydrogens (primary N) is 1. The number of fused-ring (bicyclic) bond motifs is 1. The number of aromatic nitrogens is 2. The summed E-state index contributed by atoms with van der Waals surface area (Å²) in [4.78, 5) is 24.7. The molecule has 5 rings (SSSR count). The lowest BCUT2D eigenvalue weighted by atomic mass is 10.0. The highest BCUT2D eigenvalue weighted by Crippen LogP contribution is 2.33. The smallest absolute Gasteiger partial charge is 0.252 e. The fourth-order valence-corrected chi connectivity index (χ4v) is 5.07. The van der Waals surface area contributed by atoms with Crippen molar-refractivity contribution in [2.75, 3.05) is 44.7 Å². The molecule has 0 radical (unpaired) electrons. The highest BCUT2D eigenvalue weighted by Gasteiger charge is 2.23. The largest absolute Gasteiger partial charge is 0.496 e. The first-order valence-corrected chi connectivity index (χ1v) is 12.6. The van der Waals surface area contributed by atoms with Gasteiger partial charge in [-0.3, -0.25) is 9.69 Å². The van der Waals surface area contributed by atoms with Crippen LogP contribution in [0.1, 0.15) is 27.9 Å². The van der Waals surface area contributed by atoms with E-state index in [4.69, 9.17) is 10.5 Å². The van der Waals surface area contributed by atoms with E-state index in [9.17, 15) is 14.4 Å². The number of hydrogen-bond acceptors (Lipinski definition) is 6. The highest BCUT2D eigenvalue weighted by molar-refractivity contribution is 5.99. The summed E-state index contributed by atoms with van der Waals surface area (Å²) in [6, 6.07) is 13.9. The summed E-state index contributed by atoms with van der Waals surface area (Å²) < 4.78 is 19.0. The third-order valence-electron chi connectivity index (χ3n) is 7.10. The molecule has 1 fully saturated rings. The number of benzene rings is 2. The average Bonchev–Trinajstić information content (AvgIpc) is 3.35. The zero-order valence-corrected chi connectivity index (χ0v) is 21.2. The van der Waals surface area contributed by atoms with E-state index in [-0.39, 0.29) is 0 Å². The maximum atomic E-state index is 13.6. The van der Waals surface area contributed by atoms with E-state index in [0.29, 0.717) is 33.8 Å². The van der Waals surface area contributed by atoms with E-state index >= 15 is 0 Å². The number of amides is 1. The summed E-state index contributed by atoms with van der Waals surface area (Å²) in [5.74, 6) is -0.0373. The molecule has 0 saturated carbocycles. The van der Waals surface area contributed by atoms with E-state index < -0.39 is 11.7 Å². The Hall–Kier alpha value is -4.42. The molecule has 3 N–H and O–H groups in total. The molecule has 1 saturated heterocycles. The van der Waals surface area contributed by atoms with Gasteiger partial charge in [-0.2, -0.15) is 5.26 Å². The Balaban J connectivity index is 1.22.